The van der Waals surface area contributed by atoms with Crippen molar-refractivity contribution in [2.45, 2.75) is 24.8 Å². The van der Waals surface area contributed by atoms with Gasteiger partial charge < -0.3 is 15.8 Å². The first-order chi connectivity index (χ1) is 12.1. The number of amides is 1. The Hall–Kier alpha value is -1.88. The number of primary amides is 1. The Labute approximate surface area is 153 Å². The third-order valence-corrected chi connectivity index (χ3v) is 5.23. The summed E-state index contributed by atoms with van der Waals surface area (Å²) < 4.78 is 5.57. The van der Waals surface area contributed by atoms with Gasteiger partial charge in [0.05, 0.1) is 0 Å². The van der Waals surface area contributed by atoms with E-state index < -0.39 is 5.91 Å². The highest BCUT2D eigenvalue weighted by atomic mass is 35.5. The Bertz CT molecular complexity index is 742. The van der Waals surface area contributed by atoms with Crippen LogP contribution in [0, 0.1) is 0 Å². The van der Waals surface area contributed by atoms with Crippen LogP contribution < -0.4 is 11.1 Å². The minimum atomic E-state index is -0.404. The number of carbonyl (C=O) groups excluding carboxylic acids is 1. The number of carbonyl (C=O) groups is 1. The lowest BCUT2D eigenvalue weighted by Crippen LogP contribution is -2.42. The molecule has 132 valence electrons. The molecule has 1 aliphatic heterocycles. The fourth-order valence-corrected chi connectivity index (χ4v) is 3.81. The van der Waals surface area contributed by atoms with E-state index in [9.17, 15) is 4.79 Å². The van der Waals surface area contributed by atoms with Crippen LogP contribution in [0.1, 0.15) is 34.3 Å². The van der Waals surface area contributed by atoms with E-state index in [4.69, 9.17) is 22.1 Å². The molecule has 0 bridgehead atoms. The topological polar surface area (TPSA) is 64.4 Å². The summed E-state index contributed by atoms with van der Waals surface area (Å²) >= 11 is 6.48. The van der Waals surface area contributed by atoms with Crippen molar-refractivity contribution >= 4 is 17.5 Å². The van der Waals surface area contributed by atoms with Gasteiger partial charge in [-0.15, -0.1) is 0 Å². The molecule has 2 aromatic rings. The number of nitrogens with two attached hydrogens (primary N) is 1. The Balaban J connectivity index is 1.73. The van der Waals surface area contributed by atoms with Gasteiger partial charge in [0.15, 0.2) is 0 Å². The molecule has 1 fully saturated rings. The normalized spacial score (nSPS) is 16.5. The second-order valence-electron chi connectivity index (χ2n) is 6.54. The summed E-state index contributed by atoms with van der Waals surface area (Å²) in [6.45, 7) is 2.96. The smallest absolute Gasteiger partial charge is 0.248 e. The molecule has 0 unspecified atom stereocenters. The lowest BCUT2D eigenvalue weighted by atomic mass is 9.74. The molecule has 4 nitrogen and oxygen atoms in total. The largest absolute Gasteiger partial charge is 0.381 e. The van der Waals surface area contributed by atoms with Crippen LogP contribution in [0.2, 0.25) is 5.02 Å². The molecule has 3 rings (SSSR count). The third-order valence-electron chi connectivity index (χ3n) is 4.90. The molecule has 0 aliphatic carbocycles. The van der Waals surface area contributed by atoms with Crippen molar-refractivity contribution in [3.63, 3.8) is 0 Å². The summed E-state index contributed by atoms with van der Waals surface area (Å²) in [4.78, 5) is 11.3. The molecule has 0 radical (unpaired) electrons. The predicted molar refractivity (Wildman–Crippen MR) is 99.8 cm³/mol. The molecule has 1 heterocycles. The van der Waals surface area contributed by atoms with E-state index in [2.05, 4.69) is 11.4 Å². The average Bonchev–Trinajstić information content (AvgIpc) is 2.63. The van der Waals surface area contributed by atoms with E-state index in [1.807, 2.05) is 36.4 Å². The summed E-state index contributed by atoms with van der Waals surface area (Å²) in [5.74, 6) is -0.404. The van der Waals surface area contributed by atoms with Crippen molar-refractivity contribution in [3.05, 3.63) is 70.2 Å². The second kappa shape index (κ2) is 8.00. The Morgan fingerprint density at radius 3 is 2.64 bits per heavy atom. The molecule has 3 N–H and O–H groups in total. The number of nitrogens with one attached hydrogen (secondary N) is 1. The van der Waals surface area contributed by atoms with Gasteiger partial charge in [0, 0.05) is 42.3 Å². The lowest BCUT2D eigenvalue weighted by Gasteiger charge is -2.38. The number of hydrogen-bond acceptors (Lipinski definition) is 3. The summed E-state index contributed by atoms with van der Waals surface area (Å²) in [6, 6.07) is 15.5. The highest BCUT2D eigenvalue weighted by Gasteiger charge is 2.35. The van der Waals surface area contributed by atoms with Crippen molar-refractivity contribution < 1.29 is 9.53 Å². The predicted octanol–water partition coefficient (Wildman–Crippen LogP) is 3.28. The van der Waals surface area contributed by atoms with Gasteiger partial charge in [0.25, 0.3) is 0 Å². The van der Waals surface area contributed by atoms with Gasteiger partial charge in [-0.1, -0.05) is 41.9 Å². The Morgan fingerprint density at radius 1 is 1.16 bits per heavy atom. The van der Waals surface area contributed by atoms with Gasteiger partial charge >= 0.3 is 0 Å². The summed E-state index contributed by atoms with van der Waals surface area (Å²) in [5.41, 5.74) is 8.08. The van der Waals surface area contributed by atoms with Crippen LogP contribution in [0.25, 0.3) is 0 Å². The summed E-state index contributed by atoms with van der Waals surface area (Å²) in [6.07, 6.45) is 1.87. The number of ether oxygens (including phenoxy) is 1. The van der Waals surface area contributed by atoms with Crippen molar-refractivity contribution in [2.24, 2.45) is 5.73 Å². The van der Waals surface area contributed by atoms with Crippen molar-refractivity contribution in [1.29, 1.82) is 0 Å². The highest BCUT2D eigenvalue weighted by molar-refractivity contribution is 6.31. The van der Waals surface area contributed by atoms with Crippen molar-refractivity contribution in [3.8, 4) is 0 Å². The number of halogens is 1. The Kier molecular flexibility index (Phi) is 5.74. The van der Waals surface area contributed by atoms with Gasteiger partial charge in [0.1, 0.15) is 0 Å². The number of rotatable bonds is 6. The standard InChI is InChI=1S/C20H23ClN2O2/c21-18-7-2-1-6-17(18)20(8-10-25-11-9-20)14-23-13-15-4-3-5-16(12-15)19(22)24/h1-7,12,23H,8-11,13-14H2,(H2,22,24). The van der Waals surface area contributed by atoms with Crippen LogP contribution in [0.5, 0.6) is 0 Å². The molecule has 25 heavy (non-hydrogen) atoms. The fraction of sp³-hybridized carbons (Fsp3) is 0.350. The minimum Gasteiger partial charge on any atom is -0.381 e. The van der Waals surface area contributed by atoms with E-state index in [1.165, 1.54) is 5.56 Å². The maximum absolute atomic E-state index is 11.3. The van der Waals surface area contributed by atoms with Gasteiger partial charge in [-0.25, -0.2) is 0 Å². The first kappa shape index (κ1) is 17.9. The fourth-order valence-electron chi connectivity index (χ4n) is 3.48. The summed E-state index contributed by atoms with van der Waals surface area (Å²) in [5, 5.41) is 4.35. The van der Waals surface area contributed by atoms with Gasteiger partial charge in [-0.2, -0.15) is 0 Å². The van der Waals surface area contributed by atoms with Gasteiger partial charge in [-0.3, -0.25) is 4.79 Å². The maximum atomic E-state index is 11.3. The molecule has 1 amide bonds. The third kappa shape index (κ3) is 4.21. The van der Waals surface area contributed by atoms with Gasteiger partial charge in [-0.05, 0) is 42.2 Å². The van der Waals surface area contributed by atoms with Crippen LogP contribution in [0.4, 0.5) is 0 Å². The van der Waals surface area contributed by atoms with E-state index in [0.29, 0.717) is 12.1 Å². The zero-order valence-electron chi connectivity index (χ0n) is 14.1. The molecular weight excluding hydrogens is 336 g/mol. The number of benzene rings is 2. The molecular formula is C20H23ClN2O2. The molecule has 1 saturated heterocycles. The lowest BCUT2D eigenvalue weighted by molar-refractivity contribution is 0.0498. The first-order valence-corrected chi connectivity index (χ1v) is 8.91. The molecule has 0 saturated carbocycles. The van der Waals surface area contributed by atoms with E-state index in [1.54, 1.807) is 6.07 Å². The van der Waals surface area contributed by atoms with E-state index in [0.717, 1.165) is 43.2 Å². The van der Waals surface area contributed by atoms with E-state index >= 15 is 0 Å². The zero-order valence-corrected chi connectivity index (χ0v) is 14.9. The first-order valence-electron chi connectivity index (χ1n) is 8.53. The molecule has 0 aromatic heterocycles. The quantitative estimate of drug-likeness (QED) is 0.832. The molecule has 1 aliphatic rings. The van der Waals surface area contributed by atoms with Crippen LogP contribution in [-0.2, 0) is 16.7 Å². The number of hydrogen-bond donors (Lipinski definition) is 2. The SMILES string of the molecule is NC(=O)c1cccc(CNCC2(c3ccccc3Cl)CCOCC2)c1. The zero-order chi connectivity index (χ0) is 17.7. The minimum absolute atomic E-state index is 0.0299. The molecule has 2 aromatic carbocycles. The van der Waals surface area contributed by atoms with Crippen LogP contribution in [0.15, 0.2) is 48.5 Å². The van der Waals surface area contributed by atoms with Crippen molar-refractivity contribution in [2.75, 3.05) is 19.8 Å². The van der Waals surface area contributed by atoms with Gasteiger partial charge in [0.2, 0.25) is 5.91 Å². The Morgan fingerprint density at radius 2 is 1.92 bits per heavy atom. The molecule has 5 heteroatoms. The molecule has 0 spiro atoms. The highest BCUT2D eigenvalue weighted by Crippen LogP contribution is 2.38. The maximum Gasteiger partial charge on any atom is 0.248 e. The second-order valence-corrected chi connectivity index (χ2v) is 6.95. The van der Waals surface area contributed by atoms with E-state index in [-0.39, 0.29) is 5.41 Å². The summed E-state index contributed by atoms with van der Waals surface area (Å²) in [7, 11) is 0. The molecule has 0 atom stereocenters. The average molecular weight is 359 g/mol. The van der Waals surface area contributed by atoms with Crippen molar-refractivity contribution in [1.82, 2.24) is 5.32 Å². The van der Waals surface area contributed by atoms with Crippen LogP contribution >= 0.6 is 11.6 Å². The monoisotopic (exact) mass is 358 g/mol. The van der Waals surface area contributed by atoms with Crippen LogP contribution in [0.3, 0.4) is 0 Å². The van der Waals surface area contributed by atoms with Crippen LogP contribution in [-0.4, -0.2) is 25.7 Å².